The third-order valence-corrected chi connectivity index (χ3v) is 5.67. The van der Waals surface area contributed by atoms with E-state index in [1.54, 1.807) is 0 Å². The number of hydrogen-bond acceptors (Lipinski definition) is 4. The van der Waals surface area contributed by atoms with E-state index >= 15 is 0 Å². The number of amides is 1. The highest BCUT2D eigenvalue weighted by Gasteiger charge is 2.26. The molecule has 5 nitrogen and oxygen atoms in total. The second-order valence-electron chi connectivity index (χ2n) is 9.11. The third kappa shape index (κ3) is 5.63. The minimum atomic E-state index is -0.432. The first kappa shape index (κ1) is 21.0. The van der Waals surface area contributed by atoms with E-state index in [0.29, 0.717) is 0 Å². The molecule has 0 aromatic heterocycles. The summed E-state index contributed by atoms with van der Waals surface area (Å²) in [6.07, 6.45) is 4.84. The summed E-state index contributed by atoms with van der Waals surface area (Å²) in [6, 6.07) is 7.00. The first-order valence-corrected chi connectivity index (χ1v) is 10.9. The lowest BCUT2D eigenvalue weighted by molar-refractivity contribution is 0.0139. The van der Waals surface area contributed by atoms with Gasteiger partial charge in [-0.1, -0.05) is 19.1 Å². The van der Waals surface area contributed by atoms with Gasteiger partial charge in [0.05, 0.1) is 0 Å². The molecule has 0 N–H and O–H groups in total. The van der Waals surface area contributed by atoms with Crippen LogP contribution in [0.2, 0.25) is 0 Å². The zero-order chi connectivity index (χ0) is 20.1. The molecule has 2 fully saturated rings. The highest BCUT2D eigenvalue weighted by atomic mass is 16.6. The second kappa shape index (κ2) is 9.17. The predicted octanol–water partition coefficient (Wildman–Crippen LogP) is 4.29. The quantitative estimate of drug-likeness (QED) is 0.772. The van der Waals surface area contributed by atoms with Crippen molar-refractivity contribution in [3.63, 3.8) is 0 Å². The van der Waals surface area contributed by atoms with Crippen molar-refractivity contribution in [1.29, 1.82) is 0 Å². The number of ether oxygens (including phenoxy) is 1. The number of carbonyl (C=O) groups excluding carboxylic acids is 1. The Hall–Kier alpha value is -1.75. The summed E-state index contributed by atoms with van der Waals surface area (Å²) < 4.78 is 5.52. The summed E-state index contributed by atoms with van der Waals surface area (Å²) in [5.41, 5.74) is 3.83. The number of hydrogen-bond donors (Lipinski definition) is 0. The first-order valence-electron chi connectivity index (χ1n) is 10.9. The predicted molar refractivity (Wildman–Crippen MR) is 115 cm³/mol. The van der Waals surface area contributed by atoms with Crippen LogP contribution in [-0.2, 0) is 17.7 Å². The lowest BCUT2D eigenvalue weighted by Gasteiger charge is -2.37. The second-order valence-corrected chi connectivity index (χ2v) is 9.11. The first-order chi connectivity index (χ1) is 13.4. The topological polar surface area (TPSA) is 36.0 Å². The molecule has 1 amide bonds. The lowest BCUT2D eigenvalue weighted by atomic mass is 10.0. The van der Waals surface area contributed by atoms with Crippen LogP contribution in [0.5, 0.6) is 0 Å². The van der Waals surface area contributed by atoms with Gasteiger partial charge in [-0.05, 0) is 63.6 Å². The molecule has 0 radical (unpaired) electrons. The molecule has 0 spiro atoms. The fourth-order valence-electron chi connectivity index (χ4n) is 4.05. The van der Waals surface area contributed by atoms with Crippen molar-refractivity contribution < 1.29 is 9.53 Å². The van der Waals surface area contributed by atoms with E-state index in [1.807, 2.05) is 25.7 Å². The maximum atomic E-state index is 12.3. The Kier molecular flexibility index (Phi) is 6.86. The van der Waals surface area contributed by atoms with Crippen LogP contribution in [-0.4, -0.2) is 60.8 Å². The van der Waals surface area contributed by atoms with E-state index in [9.17, 15) is 4.79 Å². The molecule has 2 saturated heterocycles. The Balaban J connectivity index is 1.62. The molecule has 3 rings (SSSR count). The Bertz CT molecular complexity index is 654. The average molecular weight is 388 g/mol. The SMILES string of the molecule is CCc1ccc(CN2CCN(C(=O)OC(C)(C)C)CC2)c(N2CCCCC2)c1. The maximum Gasteiger partial charge on any atom is 0.410 e. The van der Waals surface area contributed by atoms with Gasteiger partial charge in [0.2, 0.25) is 0 Å². The number of piperazine rings is 1. The summed E-state index contributed by atoms with van der Waals surface area (Å²) in [5.74, 6) is 0. The van der Waals surface area contributed by atoms with Gasteiger partial charge in [0, 0.05) is 51.5 Å². The monoisotopic (exact) mass is 387 g/mol. The lowest BCUT2D eigenvalue weighted by Crippen LogP contribution is -2.49. The van der Waals surface area contributed by atoms with Crippen molar-refractivity contribution >= 4 is 11.8 Å². The molecular weight excluding hydrogens is 350 g/mol. The molecule has 2 aliphatic rings. The van der Waals surface area contributed by atoms with Gasteiger partial charge in [-0.2, -0.15) is 0 Å². The van der Waals surface area contributed by atoms with Gasteiger partial charge in [0.25, 0.3) is 0 Å². The van der Waals surface area contributed by atoms with Gasteiger partial charge in [0.15, 0.2) is 0 Å². The van der Waals surface area contributed by atoms with Crippen LogP contribution in [0.25, 0.3) is 0 Å². The third-order valence-electron chi connectivity index (χ3n) is 5.67. The van der Waals surface area contributed by atoms with E-state index < -0.39 is 5.60 Å². The van der Waals surface area contributed by atoms with Crippen molar-refractivity contribution in [3.8, 4) is 0 Å². The molecule has 1 aromatic carbocycles. The van der Waals surface area contributed by atoms with E-state index in [4.69, 9.17) is 4.74 Å². The van der Waals surface area contributed by atoms with Crippen molar-refractivity contribution in [2.24, 2.45) is 0 Å². The highest BCUT2D eigenvalue weighted by Crippen LogP contribution is 2.27. The maximum absolute atomic E-state index is 12.3. The zero-order valence-electron chi connectivity index (χ0n) is 18.2. The number of piperidine rings is 1. The molecule has 2 aliphatic heterocycles. The Morgan fingerprint density at radius 3 is 2.29 bits per heavy atom. The highest BCUT2D eigenvalue weighted by molar-refractivity contribution is 5.68. The number of carbonyl (C=O) groups is 1. The zero-order valence-corrected chi connectivity index (χ0v) is 18.2. The summed E-state index contributed by atoms with van der Waals surface area (Å²) in [4.78, 5) is 19.2. The van der Waals surface area contributed by atoms with E-state index in [2.05, 4.69) is 34.9 Å². The smallest absolute Gasteiger partial charge is 0.410 e. The number of benzene rings is 1. The average Bonchev–Trinajstić information content (AvgIpc) is 2.68. The van der Waals surface area contributed by atoms with E-state index in [1.165, 1.54) is 49.2 Å². The summed E-state index contributed by atoms with van der Waals surface area (Å²) >= 11 is 0. The van der Waals surface area contributed by atoms with E-state index in [0.717, 1.165) is 39.1 Å². The number of nitrogens with zero attached hydrogens (tertiary/aromatic N) is 3. The fraction of sp³-hybridized carbons (Fsp3) is 0.696. The number of anilines is 1. The van der Waals surface area contributed by atoms with E-state index in [-0.39, 0.29) is 6.09 Å². The number of aryl methyl sites for hydroxylation is 1. The Morgan fingerprint density at radius 1 is 1.00 bits per heavy atom. The molecule has 0 aliphatic carbocycles. The van der Waals surface area contributed by atoms with Crippen LogP contribution in [0.1, 0.15) is 58.1 Å². The molecule has 2 heterocycles. The summed E-state index contributed by atoms with van der Waals surface area (Å²) in [5, 5.41) is 0. The molecule has 156 valence electrons. The molecule has 28 heavy (non-hydrogen) atoms. The normalized spacial score (nSPS) is 19.0. The Morgan fingerprint density at radius 2 is 1.68 bits per heavy atom. The van der Waals surface area contributed by atoms with Crippen LogP contribution in [0, 0.1) is 0 Å². The molecule has 0 saturated carbocycles. The standard InChI is InChI=1S/C23H37N3O2/c1-5-19-9-10-20(21(17-19)25-11-7-6-8-12-25)18-24-13-15-26(16-14-24)22(27)28-23(2,3)4/h9-10,17H,5-8,11-16,18H2,1-4H3. The van der Waals surface area contributed by atoms with Crippen molar-refractivity contribution in [2.75, 3.05) is 44.2 Å². The molecule has 0 unspecified atom stereocenters. The molecule has 0 bridgehead atoms. The van der Waals surface area contributed by atoms with Gasteiger partial charge in [-0.25, -0.2) is 4.79 Å². The van der Waals surface area contributed by atoms with Crippen molar-refractivity contribution in [2.45, 2.75) is 65.5 Å². The molecule has 5 heteroatoms. The van der Waals surface area contributed by atoms with Gasteiger partial charge < -0.3 is 14.5 Å². The van der Waals surface area contributed by atoms with Crippen molar-refractivity contribution in [3.05, 3.63) is 29.3 Å². The van der Waals surface area contributed by atoms with Gasteiger partial charge in [0.1, 0.15) is 5.60 Å². The van der Waals surface area contributed by atoms with Crippen LogP contribution >= 0.6 is 0 Å². The van der Waals surface area contributed by atoms with Gasteiger partial charge in [-0.3, -0.25) is 4.90 Å². The minimum Gasteiger partial charge on any atom is -0.444 e. The van der Waals surface area contributed by atoms with Gasteiger partial charge in [-0.15, -0.1) is 0 Å². The molecular formula is C23H37N3O2. The Labute approximate surface area is 170 Å². The number of rotatable bonds is 4. The summed E-state index contributed by atoms with van der Waals surface area (Å²) in [7, 11) is 0. The largest absolute Gasteiger partial charge is 0.444 e. The minimum absolute atomic E-state index is 0.187. The van der Waals surface area contributed by atoms with Crippen LogP contribution < -0.4 is 4.90 Å². The molecule has 1 aromatic rings. The van der Waals surface area contributed by atoms with Crippen molar-refractivity contribution in [1.82, 2.24) is 9.80 Å². The summed E-state index contributed by atoms with van der Waals surface area (Å²) in [6.45, 7) is 14.6. The van der Waals surface area contributed by atoms with Crippen LogP contribution in [0.3, 0.4) is 0 Å². The van der Waals surface area contributed by atoms with Crippen LogP contribution in [0.4, 0.5) is 10.5 Å². The van der Waals surface area contributed by atoms with Crippen LogP contribution in [0.15, 0.2) is 18.2 Å². The molecule has 0 atom stereocenters. The van der Waals surface area contributed by atoms with Gasteiger partial charge >= 0.3 is 6.09 Å². The fourth-order valence-corrected chi connectivity index (χ4v) is 4.05.